The molecular weight excluding hydrogens is 509 g/mol. The van der Waals surface area contributed by atoms with Crippen LogP contribution >= 0.6 is 22.7 Å². The zero-order chi connectivity index (χ0) is 25.5. The van der Waals surface area contributed by atoms with Crippen LogP contribution in [-0.2, 0) is 0 Å². The van der Waals surface area contributed by atoms with Crippen molar-refractivity contribution in [2.45, 2.75) is 5.92 Å². The van der Waals surface area contributed by atoms with Crippen molar-refractivity contribution in [3.8, 4) is 22.3 Å². The van der Waals surface area contributed by atoms with Crippen LogP contribution in [0.2, 0.25) is 0 Å². The van der Waals surface area contributed by atoms with Gasteiger partial charge in [-0.2, -0.15) is 0 Å². The van der Waals surface area contributed by atoms with Crippen LogP contribution in [-0.4, -0.2) is 0 Å². The van der Waals surface area contributed by atoms with Gasteiger partial charge in [0.1, 0.15) is 0 Å². The van der Waals surface area contributed by atoms with Gasteiger partial charge in [0.2, 0.25) is 0 Å². The first-order valence-electron chi connectivity index (χ1n) is 13.4. The van der Waals surface area contributed by atoms with Crippen LogP contribution in [0.15, 0.2) is 127 Å². The quantitative estimate of drug-likeness (QED) is 0.208. The monoisotopic (exact) mass is 530 g/mol. The Morgan fingerprint density at radius 2 is 0.949 bits per heavy atom. The summed E-state index contributed by atoms with van der Waals surface area (Å²) in [6, 6.07) is 47.7. The molecule has 0 amide bonds. The summed E-state index contributed by atoms with van der Waals surface area (Å²) in [5.41, 5.74) is 9.46. The predicted molar refractivity (Wildman–Crippen MR) is 170 cm³/mol. The standard InChI is InChI=1S/C37H22S2/c1-2-10-28-25(7-1)30-19-22(23-14-17-35-31(20-23)26-8-3-5-11-33(26)38-35)13-16-29(30)37(28)24-15-18-36-32(21-24)27-9-4-6-12-34(27)39-36/h1-21,37H. The summed E-state index contributed by atoms with van der Waals surface area (Å²) in [6.07, 6.45) is 0. The molecule has 0 N–H and O–H groups in total. The zero-order valence-corrected chi connectivity index (χ0v) is 22.7. The van der Waals surface area contributed by atoms with Crippen LogP contribution in [0.1, 0.15) is 22.6 Å². The SMILES string of the molecule is c1ccc2c(c1)-c1cc(-c3ccc4sc5ccccc5c4c3)ccc1C2c1ccc2sc3ccccc3c2c1. The number of fused-ring (bicyclic) bond motifs is 9. The molecule has 182 valence electrons. The molecule has 0 fully saturated rings. The molecule has 2 heterocycles. The van der Waals surface area contributed by atoms with E-state index in [4.69, 9.17) is 0 Å². The molecule has 0 spiro atoms. The molecule has 2 aromatic heterocycles. The van der Waals surface area contributed by atoms with Crippen molar-refractivity contribution in [2.24, 2.45) is 0 Å². The molecule has 2 heteroatoms. The van der Waals surface area contributed by atoms with E-state index in [1.807, 2.05) is 22.7 Å². The van der Waals surface area contributed by atoms with Gasteiger partial charge in [0.15, 0.2) is 0 Å². The van der Waals surface area contributed by atoms with E-state index in [0.717, 1.165) is 0 Å². The minimum Gasteiger partial charge on any atom is -0.135 e. The van der Waals surface area contributed by atoms with E-state index in [1.165, 1.54) is 79.3 Å². The van der Waals surface area contributed by atoms with Crippen molar-refractivity contribution in [3.05, 3.63) is 144 Å². The Morgan fingerprint density at radius 1 is 0.385 bits per heavy atom. The van der Waals surface area contributed by atoms with Gasteiger partial charge in [-0.1, -0.05) is 84.9 Å². The fourth-order valence-electron chi connectivity index (χ4n) is 6.57. The molecule has 1 atom stereocenters. The topological polar surface area (TPSA) is 0 Å². The molecule has 0 saturated heterocycles. The lowest BCUT2D eigenvalue weighted by Gasteiger charge is -2.15. The van der Waals surface area contributed by atoms with Crippen LogP contribution in [0, 0.1) is 0 Å². The van der Waals surface area contributed by atoms with Gasteiger partial charge in [0.25, 0.3) is 0 Å². The highest BCUT2D eigenvalue weighted by atomic mass is 32.1. The minimum absolute atomic E-state index is 0.247. The number of rotatable bonds is 2. The van der Waals surface area contributed by atoms with Gasteiger partial charge in [-0.25, -0.2) is 0 Å². The second-order valence-electron chi connectivity index (χ2n) is 10.5. The third-order valence-corrected chi connectivity index (χ3v) is 10.7. The second kappa shape index (κ2) is 8.13. The summed E-state index contributed by atoms with van der Waals surface area (Å²) in [5.74, 6) is 0.247. The van der Waals surface area contributed by atoms with E-state index in [9.17, 15) is 0 Å². The molecule has 8 aromatic rings. The molecule has 0 radical (unpaired) electrons. The Kier molecular flexibility index (Phi) is 4.52. The zero-order valence-electron chi connectivity index (χ0n) is 21.0. The summed E-state index contributed by atoms with van der Waals surface area (Å²) in [5, 5.41) is 5.43. The summed E-state index contributed by atoms with van der Waals surface area (Å²) >= 11 is 3.76. The maximum Gasteiger partial charge on any atom is 0.0355 e. The summed E-state index contributed by atoms with van der Waals surface area (Å²) < 4.78 is 5.42. The maximum absolute atomic E-state index is 2.44. The number of hydrogen-bond acceptors (Lipinski definition) is 2. The van der Waals surface area contributed by atoms with E-state index < -0.39 is 0 Å². The average Bonchev–Trinajstić information content (AvgIpc) is 3.65. The lowest BCUT2D eigenvalue weighted by molar-refractivity contribution is 1.02. The van der Waals surface area contributed by atoms with E-state index in [2.05, 4.69) is 127 Å². The number of hydrogen-bond donors (Lipinski definition) is 0. The van der Waals surface area contributed by atoms with Crippen LogP contribution in [0.4, 0.5) is 0 Å². The predicted octanol–water partition coefficient (Wildman–Crippen LogP) is 11.2. The molecule has 0 nitrogen and oxygen atoms in total. The second-order valence-corrected chi connectivity index (χ2v) is 12.7. The van der Waals surface area contributed by atoms with Crippen molar-refractivity contribution in [3.63, 3.8) is 0 Å². The van der Waals surface area contributed by atoms with E-state index in [1.54, 1.807) is 0 Å². The smallest absolute Gasteiger partial charge is 0.0355 e. The molecular formula is C37H22S2. The molecule has 0 bridgehead atoms. The van der Waals surface area contributed by atoms with E-state index in [-0.39, 0.29) is 5.92 Å². The van der Waals surface area contributed by atoms with Crippen molar-refractivity contribution < 1.29 is 0 Å². The maximum atomic E-state index is 2.44. The van der Waals surface area contributed by atoms with Crippen molar-refractivity contribution in [1.82, 2.24) is 0 Å². The van der Waals surface area contributed by atoms with Crippen molar-refractivity contribution in [2.75, 3.05) is 0 Å². The van der Waals surface area contributed by atoms with Gasteiger partial charge in [-0.05, 0) is 81.4 Å². The molecule has 1 aliphatic carbocycles. The van der Waals surface area contributed by atoms with E-state index >= 15 is 0 Å². The largest absolute Gasteiger partial charge is 0.135 e. The number of thiophene rings is 2. The summed E-state index contributed by atoms with van der Waals surface area (Å²) in [7, 11) is 0. The third kappa shape index (κ3) is 3.16. The first-order chi connectivity index (χ1) is 19.3. The van der Waals surface area contributed by atoms with Crippen LogP contribution in [0.5, 0.6) is 0 Å². The van der Waals surface area contributed by atoms with Gasteiger partial charge in [0, 0.05) is 46.3 Å². The van der Waals surface area contributed by atoms with Gasteiger partial charge in [0.05, 0.1) is 0 Å². The highest BCUT2D eigenvalue weighted by Gasteiger charge is 2.30. The average molecular weight is 531 g/mol. The minimum atomic E-state index is 0.247. The van der Waals surface area contributed by atoms with Crippen molar-refractivity contribution >= 4 is 63.0 Å². The third-order valence-electron chi connectivity index (χ3n) is 8.37. The van der Waals surface area contributed by atoms with Gasteiger partial charge in [-0.15, -0.1) is 22.7 Å². The Hall–Kier alpha value is -4.24. The molecule has 1 unspecified atom stereocenters. The van der Waals surface area contributed by atoms with Crippen LogP contribution in [0.3, 0.4) is 0 Å². The normalized spacial score (nSPS) is 14.4. The molecule has 39 heavy (non-hydrogen) atoms. The molecule has 1 aliphatic rings. The molecule has 0 saturated carbocycles. The molecule has 9 rings (SSSR count). The highest BCUT2D eigenvalue weighted by Crippen LogP contribution is 2.50. The Bertz CT molecular complexity index is 2240. The lowest BCUT2D eigenvalue weighted by Crippen LogP contribution is -1.99. The van der Waals surface area contributed by atoms with Gasteiger partial charge in [-0.3, -0.25) is 0 Å². The van der Waals surface area contributed by atoms with Gasteiger partial charge >= 0.3 is 0 Å². The Morgan fingerprint density at radius 3 is 1.74 bits per heavy atom. The van der Waals surface area contributed by atoms with Gasteiger partial charge < -0.3 is 0 Å². The Balaban J connectivity index is 1.22. The highest BCUT2D eigenvalue weighted by molar-refractivity contribution is 7.26. The number of benzene rings is 6. The van der Waals surface area contributed by atoms with E-state index in [0.29, 0.717) is 0 Å². The summed E-state index contributed by atoms with van der Waals surface area (Å²) in [6.45, 7) is 0. The Labute approximate surface area is 234 Å². The molecule has 6 aromatic carbocycles. The summed E-state index contributed by atoms with van der Waals surface area (Å²) in [4.78, 5) is 0. The fraction of sp³-hybridized carbons (Fsp3) is 0.0270. The first kappa shape index (κ1) is 21.7. The molecule has 0 aliphatic heterocycles. The lowest BCUT2D eigenvalue weighted by atomic mass is 9.88. The fourth-order valence-corrected chi connectivity index (χ4v) is 8.74. The first-order valence-corrected chi connectivity index (χ1v) is 15.0. The van der Waals surface area contributed by atoms with Crippen molar-refractivity contribution in [1.29, 1.82) is 0 Å². The van der Waals surface area contributed by atoms with Crippen LogP contribution in [0.25, 0.3) is 62.6 Å². The van der Waals surface area contributed by atoms with Crippen LogP contribution < -0.4 is 0 Å².